The molecule has 0 unspecified atom stereocenters. The molecule has 0 amide bonds. The maximum atomic E-state index is 13.0. The molecule has 164 valence electrons. The van der Waals surface area contributed by atoms with Crippen LogP contribution in [0.3, 0.4) is 0 Å². The van der Waals surface area contributed by atoms with Gasteiger partial charge in [0.15, 0.2) is 0 Å². The third-order valence-electron chi connectivity index (χ3n) is 4.25. The Labute approximate surface area is 185 Å². The van der Waals surface area contributed by atoms with E-state index in [0.717, 1.165) is 0 Å². The van der Waals surface area contributed by atoms with Crippen molar-refractivity contribution in [1.29, 1.82) is 0 Å². The third kappa shape index (κ3) is 5.19. The highest BCUT2D eigenvalue weighted by Crippen LogP contribution is 2.32. The average molecular weight is 495 g/mol. The molecule has 0 aromatic heterocycles. The zero-order valence-corrected chi connectivity index (χ0v) is 19.1. The van der Waals surface area contributed by atoms with Crippen LogP contribution in [0.2, 0.25) is 10.0 Å². The van der Waals surface area contributed by atoms with Gasteiger partial charge in [-0.3, -0.25) is 4.72 Å². The van der Waals surface area contributed by atoms with Gasteiger partial charge in [-0.05, 0) is 43.3 Å². The molecule has 1 N–H and O–H groups in total. The van der Waals surface area contributed by atoms with Gasteiger partial charge in [0.25, 0.3) is 10.0 Å². The van der Waals surface area contributed by atoms with E-state index in [1.807, 2.05) is 0 Å². The summed E-state index contributed by atoms with van der Waals surface area (Å²) in [5.74, 6) is 0.190. The SMILES string of the molecule is CCOc1ccc(S(=O)(=O)N2CCOCC2)cc1NS(=O)(=O)c1cc(Cl)cc(Cl)c1. The highest BCUT2D eigenvalue weighted by molar-refractivity contribution is 7.92. The largest absolute Gasteiger partial charge is 0.492 e. The molecule has 0 aliphatic carbocycles. The van der Waals surface area contributed by atoms with Crippen molar-refractivity contribution in [2.24, 2.45) is 0 Å². The molecule has 1 aliphatic rings. The van der Waals surface area contributed by atoms with E-state index in [4.69, 9.17) is 32.7 Å². The number of sulfonamides is 2. The van der Waals surface area contributed by atoms with E-state index in [1.165, 1.54) is 40.7 Å². The van der Waals surface area contributed by atoms with Gasteiger partial charge in [0, 0.05) is 23.1 Å². The molecule has 0 radical (unpaired) electrons. The number of ether oxygens (including phenoxy) is 2. The minimum absolute atomic E-state index is 0.0118. The predicted octanol–water partition coefficient (Wildman–Crippen LogP) is 3.21. The Morgan fingerprint density at radius 1 is 1.00 bits per heavy atom. The molecule has 8 nitrogen and oxygen atoms in total. The quantitative estimate of drug-likeness (QED) is 0.633. The molecule has 1 fully saturated rings. The van der Waals surface area contributed by atoms with Crippen LogP contribution in [0.25, 0.3) is 0 Å². The van der Waals surface area contributed by atoms with Gasteiger partial charge in [-0.1, -0.05) is 23.2 Å². The van der Waals surface area contributed by atoms with E-state index < -0.39 is 20.0 Å². The van der Waals surface area contributed by atoms with E-state index in [2.05, 4.69) is 4.72 Å². The number of morpholine rings is 1. The van der Waals surface area contributed by atoms with Crippen molar-refractivity contribution < 1.29 is 26.3 Å². The van der Waals surface area contributed by atoms with E-state index in [-0.39, 0.29) is 51.0 Å². The molecule has 2 aromatic carbocycles. The van der Waals surface area contributed by atoms with Gasteiger partial charge in [-0.2, -0.15) is 4.31 Å². The van der Waals surface area contributed by atoms with E-state index >= 15 is 0 Å². The second kappa shape index (κ2) is 9.29. The number of benzene rings is 2. The molecule has 0 bridgehead atoms. The lowest BCUT2D eigenvalue weighted by Crippen LogP contribution is -2.40. The minimum atomic E-state index is -4.11. The van der Waals surface area contributed by atoms with Crippen molar-refractivity contribution in [3.05, 3.63) is 46.4 Å². The molecule has 1 aliphatic heterocycles. The molecule has 1 heterocycles. The van der Waals surface area contributed by atoms with Crippen LogP contribution in [0.1, 0.15) is 6.92 Å². The maximum Gasteiger partial charge on any atom is 0.262 e. The Morgan fingerprint density at radius 2 is 1.63 bits per heavy atom. The Kier molecular flexibility index (Phi) is 7.16. The Hall–Kier alpha value is -1.56. The Morgan fingerprint density at radius 3 is 2.23 bits per heavy atom. The van der Waals surface area contributed by atoms with Crippen LogP contribution in [0.15, 0.2) is 46.2 Å². The lowest BCUT2D eigenvalue weighted by molar-refractivity contribution is 0.0730. The number of hydrogen-bond acceptors (Lipinski definition) is 6. The zero-order valence-electron chi connectivity index (χ0n) is 16.0. The van der Waals surface area contributed by atoms with Crippen molar-refractivity contribution in [3.63, 3.8) is 0 Å². The maximum absolute atomic E-state index is 13.0. The van der Waals surface area contributed by atoms with Gasteiger partial charge >= 0.3 is 0 Å². The highest BCUT2D eigenvalue weighted by Gasteiger charge is 2.28. The molecule has 12 heteroatoms. The minimum Gasteiger partial charge on any atom is -0.492 e. The topological polar surface area (TPSA) is 102 Å². The molecule has 1 saturated heterocycles. The molecule has 30 heavy (non-hydrogen) atoms. The number of hydrogen-bond donors (Lipinski definition) is 1. The second-order valence-corrected chi connectivity index (χ2v) is 10.8. The van der Waals surface area contributed by atoms with Gasteiger partial charge in [-0.25, -0.2) is 16.8 Å². The van der Waals surface area contributed by atoms with E-state index in [9.17, 15) is 16.8 Å². The first kappa shape index (κ1) is 23.1. The molecule has 3 rings (SSSR count). The fourth-order valence-electron chi connectivity index (χ4n) is 2.85. The van der Waals surface area contributed by atoms with Gasteiger partial charge < -0.3 is 9.47 Å². The van der Waals surface area contributed by atoms with E-state index in [1.54, 1.807) is 6.92 Å². The number of anilines is 1. The van der Waals surface area contributed by atoms with Crippen molar-refractivity contribution in [2.75, 3.05) is 37.6 Å². The predicted molar refractivity (Wildman–Crippen MR) is 114 cm³/mol. The summed E-state index contributed by atoms with van der Waals surface area (Å²) in [7, 11) is -7.94. The van der Waals surface area contributed by atoms with Crippen molar-refractivity contribution in [2.45, 2.75) is 16.7 Å². The molecule has 2 aromatic rings. The number of nitrogens with one attached hydrogen (secondary N) is 1. The van der Waals surface area contributed by atoms with Gasteiger partial charge in [0.2, 0.25) is 10.0 Å². The standard InChI is InChI=1S/C18H20Cl2N2O6S2/c1-2-28-18-4-3-15(30(25,26)22-5-7-27-8-6-22)12-17(18)21-29(23,24)16-10-13(19)9-14(20)11-16/h3-4,9-12,21H,2,5-8H2,1H3. The molecule has 0 spiro atoms. The summed E-state index contributed by atoms with van der Waals surface area (Å²) in [5, 5.41) is 0.299. The Balaban J connectivity index is 2.01. The molecule has 0 atom stereocenters. The van der Waals surface area contributed by atoms with Crippen molar-refractivity contribution in [1.82, 2.24) is 4.31 Å². The molecular weight excluding hydrogens is 475 g/mol. The fraction of sp³-hybridized carbons (Fsp3) is 0.333. The number of rotatable bonds is 7. The van der Waals surface area contributed by atoms with Crippen LogP contribution < -0.4 is 9.46 Å². The summed E-state index contributed by atoms with van der Waals surface area (Å²) in [5.41, 5.74) is -0.0118. The first-order valence-corrected chi connectivity index (χ1v) is 12.6. The van der Waals surface area contributed by atoms with Gasteiger partial charge in [-0.15, -0.1) is 0 Å². The van der Waals surface area contributed by atoms with Crippen LogP contribution in [0.5, 0.6) is 5.75 Å². The zero-order chi connectivity index (χ0) is 21.9. The van der Waals surface area contributed by atoms with Crippen LogP contribution >= 0.6 is 23.2 Å². The molecular formula is C18H20Cl2N2O6S2. The van der Waals surface area contributed by atoms with Crippen LogP contribution in [0.4, 0.5) is 5.69 Å². The summed E-state index contributed by atoms with van der Waals surface area (Å²) < 4.78 is 66.0. The number of halogens is 2. The summed E-state index contributed by atoms with van der Waals surface area (Å²) in [4.78, 5) is -0.224. The average Bonchev–Trinajstić information content (AvgIpc) is 2.69. The summed E-state index contributed by atoms with van der Waals surface area (Å²) >= 11 is 11.8. The lowest BCUT2D eigenvalue weighted by atomic mass is 10.3. The van der Waals surface area contributed by atoms with Crippen LogP contribution in [-0.4, -0.2) is 54.1 Å². The van der Waals surface area contributed by atoms with Crippen molar-refractivity contribution >= 4 is 48.9 Å². The number of nitrogens with zero attached hydrogens (tertiary/aromatic N) is 1. The first-order valence-electron chi connectivity index (χ1n) is 8.97. The monoisotopic (exact) mass is 494 g/mol. The van der Waals surface area contributed by atoms with Gasteiger partial charge in [0.1, 0.15) is 5.75 Å². The van der Waals surface area contributed by atoms with Crippen LogP contribution in [-0.2, 0) is 24.8 Å². The normalized spacial score (nSPS) is 15.7. The van der Waals surface area contributed by atoms with Crippen LogP contribution in [0, 0.1) is 0 Å². The summed E-state index contributed by atoms with van der Waals surface area (Å²) in [6.45, 7) is 3.02. The highest BCUT2D eigenvalue weighted by atomic mass is 35.5. The first-order chi connectivity index (χ1) is 14.1. The fourth-order valence-corrected chi connectivity index (χ4v) is 6.08. The summed E-state index contributed by atoms with van der Waals surface area (Å²) in [6.07, 6.45) is 0. The smallest absolute Gasteiger partial charge is 0.262 e. The van der Waals surface area contributed by atoms with Gasteiger partial charge in [0.05, 0.1) is 35.3 Å². The second-order valence-electron chi connectivity index (χ2n) is 6.32. The lowest BCUT2D eigenvalue weighted by Gasteiger charge is -2.26. The van der Waals surface area contributed by atoms with Crippen molar-refractivity contribution in [3.8, 4) is 5.75 Å². The Bertz CT molecular complexity index is 1110. The molecule has 0 saturated carbocycles. The van der Waals surface area contributed by atoms with E-state index in [0.29, 0.717) is 13.2 Å². The summed E-state index contributed by atoms with van der Waals surface area (Å²) in [6, 6.07) is 7.92. The third-order valence-corrected chi connectivity index (χ3v) is 7.93.